The zero-order chi connectivity index (χ0) is 11.1. The van der Waals surface area contributed by atoms with Crippen molar-refractivity contribution in [2.24, 2.45) is 17.6 Å². The van der Waals surface area contributed by atoms with Gasteiger partial charge in [0, 0.05) is 12.3 Å². The molecule has 0 aromatic heterocycles. The average molecular weight is 209 g/mol. The first-order valence-electron chi connectivity index (χ1n) is 6.13. The van der Waals surface area contributed by atoms with Gasteiger partial charge in [-0.05, 0) is 38.1 Å². The molecule has 0 spiro atoms. The summed E-state index contributed by atoms with van der Waals surface area (Å²) < 4.78 is 0. The first kappa shape index (κ1) is 12.4. The van der Waals surface area contributed by atoms with E-state index in [0.29, 0.717) is 24.7 Å². The summed E-state index contributed by atoms with van der Waals surface area (Å²) in [4.78, 5) is 12.0. The fraction of sp³-hybridized carbons (Fsp3) is 0.769. The second kappa shape index (κ2) is 6.78. The summed E-state index contributed by atoms with van der Waals surface area (Å²) in [7, 11) is 0. The summed E-state index contributed by atoms with van der Waals surface area (Å²) in [5.41, 5.74) is 5.72. The highest BCUT2D eigenvalue weighted by atomic mass is 16.1. The van der Waals surface area contributed by atoms with Gasteiger partial charge >= 0.3 is 0 Å². The number of hydrogen-bond acceptors (Lipinski definition) is 2. The highest BCUT2D eigenvalue weighted by Crippen LogP contribution is 2.31. The molecule has 0 aliphatic heterocycles. The Bertz CT molecular complexity index is 213. The van der Waals surface area contributed by atoms with Gasteiger partial charge in [0.15, 0.2) is 0 Å². The summed E-state index contributed by atoms with van der Waals surface area (Å²) >= 11 is 0. The van der Waals surface area contributed by atoms with Gasteiger partial charge in [0.1, 0.15) is 5.78 Å². The van der Waals surface area contributed by atoms with Crippen LogP contribution in [-0.4, -0.2) is 12.3 Å². The van der Waals surface area contributed by atoms with Gasteiger partial charge < -0.3 is 5.73 Å². The van der Waals surface area contributed by atoms with E-state index >= 15 is 0 Å². The normalized spacial score (nSPS) is 26.2. The van der Waals surface area contributed by atoms with Crippen LogP contribution in [0.15, 0.2) is 12.7 Å². The minimum atomic E-state index is 0.258. The lowest BCUT2D eigenvalue weighted by molar-refractivity contribution is -0.125. The van der Waals surface area contributed by atoms with Crippen LogP contribution >= 0.6 is 0 Å². The molecule has 1 rings (SSSR count). The van der Waals surface area contributed by atoms with E-state index in [1.807, 2.05) is 6.08 Å². The molecule has 0 heterocycles. The lowest BCUT2D eigenvalue weighted by Gasteiger charge is -2.29. The number of carbonyl (C=O) groups excluding carboxylic acids is 1. The molecule has 0 aromatic rings. The Morgan fingerprint density at radius 1 is 1.40 bits per heavy atom. The van der Waals surface area contributed by atoms with Crippen LogP contribution in [0.25, 0.3) is 0 Å². The van der Waals surface area contributed by atoms with E-state index in [4.69, 9.17) is 5.73 Å². The van der Waals surface area contributed by atoms with Crippen molar-refractivity contribution in [1.82, 2.24) is 0 Å². The zero-order valence-electron chi connectivity index (χ0n) is 9.58. The third-order valence-corrected chi connectivity index (χ3v) is 3.46. The van der Waals surface area contributed by atoms with Crippen LogP contribution in [0.2, 0.25) is 0 Å². The summed E-state index contributed by atoms with van der Waals surface area (Å²) in [6, 6.07) is 0. The van der Waals surface area contributed by atoms with E-state index in [1.54, 1.807) is 0 Å². The Morgan fingerprint density at radius 3 is 2.80 bits per heavy atom. The second-order valence-electron chi connectivity index (χ2n) is 4.53. The van der Waals surface area contributed by atoms with Crippen LogP contribution < -0.4 is 5.73 Å². The number of allylic oxidation sites excluding steroid dienone is 1. The maximum absolute atomic E-state index is 12.0. The molecular weight excluding hydrogens is 186 g/mol. The molecule has 1 aliphatic rings. The van der Waals surface area contributed by atoms with E-state index in [2.05, 4.69) is 6.58 Å². The highest BCUT2D eigenvalue weighted by Gasteiger charge is 2.28. The van der Waals surface area contributed by atoms with Gasteiger partial charge in [-0.2, -0.15) is 0 Å². The molecule has 86 valence electrons. The van der Waals surface area contributed by atoms with Gasteiger partial charge in [-0.1, -0.05) is 18.9 Å². The van der Waals surface area contributed by atoms with Crippen molar-refractivity contribution in [3.8, 4) is 0 Å². The molecule has 2 heteroatoms. The predicted molar refractivity (Wildman–Crippen MR) is 63.6 cm³/mol. The zero-order valence-corrected chi connectivity index (χ0v) is 9.58. The molecule has 2 nitrogen and oxygen atoms in total. The first-order chi connectivity index (χ1) is 7.29. The lowest BCUT2D eigenvalue weighted by atomic mass is 9.76. The van der Waals surface area contributed by atoms with Crippen molar-refractivity contribution >= 4 is 5.78 Å². The highest BCUT2D eigenvalue weighted by molar-refractivity contribution is 5.81. The Labute approximate surface area is 92.9 Å². The van der Waals surface area contributed by atoms with Crippen molar-refractivity contribution < 1.29 is 4.79 Å². The van der Waals surface area contributed by atoms with Gasteiger partial charge in [-0.25, -0.2) is 0 Å². The Balaban J connectivity index is 2.37. The standard InChI is InChI=1S/C13H23NO/c1-2-3-4-9-13(15)12-8-6-5-7-11(12)10-14/h2,11-12H,1,3-10,14H2. The quantitative estimate of drug-likeness (QED) is 0.540. The third kappa shape index (κ3) is 3.78. The molecule has 2 atom stereocenters. The average Bonchev–Trinajstić information content (AvgIpc) is 2.29. The number of hydrogen-bond donors (Lipinski definition) is 1. The van der Waals surface area contributed by atoms with Crippen LogP contribution in [0, 0.1) is 11.8 Å². The maximum Gasteiger partial charge on any atom is 0.136 e. The Hall–Kier alpha value is -0.630. The van der Waals surface area contributed by atoms with Gasteiger partial charge in [-0.3, -0.25) is 4.79 Å². The maximum atomic E-state index is 12.0. The smallest absolute Gasteiger partial charge is 0.136 e. The molecule has 0 aromatic carbocycles. The van der Waals surface area contributed by atoms with Crippen molar-refractivity contribution in [1.29, 1.82) is 0 Å². The fourth-order valence-corrected chi connectivity index (χ4v) is 2.52. The van der Waals surface area contributed by atoms with Crippen molar-refractivity contribution in [3.63, 3.8) is 0 Å². The number of ketones is 1. The minimum absolute atomic E-state index is 0.258. The van der Waals surface area contributed by atoms with Crippen molar-refractivity contribution in [2.45, 2.75) is 44.9 Å². The van der Waals surface area contributed by atoms with Crippen LogP contribution in [0.3, 0.4) is 0 Å². The molecule has 2 N–H and O–H groups in total. The van der Waals surface area contributed by atoms with E-state index in [1.165, 1.54) is 12.8 Å². The fourth-order valence-electron chi connectivity index (χ4n) is 2.52. The molecule has 15 heavy (non-hydrogen) atoms. The van der Waals surface area contributed by atoms with Gasteiger partial charge in [-0.15, -0.1) is 6.58 Å². The largest absolute Gasteiger partial charge is 0.330 e. The number of Topliss-reactive ketones (excluding diaryl/α,β-unsaturated/α-hetero) is 1. The summed E-state index contributed by atoms with van der Waals surface area (Å²) in [6.45, 7) is 4.35. The Kier molecular flexibility index (Phi) is 5.62. The lowest BCUT2D eigenvalue weighted by Crippen LogP contribution is -2.32. The summed E-state index contributed by atoms with van der Waals surface area (Å²) in [5, 5.41) is 0. The van der Waals surface area contributed by atoms with Gasteiger partial charge in [0.2, 0.25) is 0 Å². The minimum Gasteiger partial charge on any atom is -0.330 e. The third-order valence-electron chi connectivity index (χ3n) is 3.46. The molecule has 0 amide bonds. The van der Waals surface area contributed by atoms with Crippen LogP contribution in [0.5, 0.6) is 0 Å². The molecule has 2 unspecified atom stereocenters. The second-order valence-corrected chi connectivity index (χ2v) is 4.53. The monoisotopic (exact) mass is 209 g/mol. The number of unbranched alkanes of at least 4 members (excludes halogenated alkanes) is 1. The van der Waals surface area contributed by atoms with E-state index in [0.717, 1.165) is 25.7 Å². The molecule has 1 fully saturated rings. The number of nitrogens with two attached hydrogens (primary N) is 1. The van der Waals surface area contributed by atoms with E-state index in [9.17, 15) is 4.79 Å². The molecule has 1 aliphatic carbocycles. The Morgan fingerprint density at radius 2 is 2.13 bits per heavy atom. The summed E-state index contributed by atoms with van der Waals surface area (Å²) in [5.74, 6) is 1.15. The predicted octanol–water partition coefficient (Wildman–Crippen LogP) is 2.68. The first-order valence-corrected chi connectivity index (χ1v) is 6.13. The van der Waals surface area contributed by atoms with Crippen LogP contribution in [-0.2, 0) is 4.79 Å². The van der Waals surface area contributed by atoms with Crippen molar-refractivity contribution in [2.75, 3.05) is 6.54 Å². The summed E-state index contributed by atoms with van der Waals surface area (Å²) in [6.07, 6.45) is 9.17. The van der Waals surface area contributed by atoms with Crippen molar-refractivity contribution in [3.05, 3.63) is 12.7 Å². The van der Waals surface area contributed by atoms with E-state index < -0.39 is 0 Å². The molecule has 0 radical (unpaired) electrons. The number of carbonyl (C=O) groups is 1. The number of rotatable bonds is 6. The molecule has 0 bridgehead atoms. The van der Waals surface area contributed by atoms with Crippen LogP contribution in [0.4, 0.5) is 0 Å². The molecule has 0 saturated heterocycles. The molecule has 1 saturated carbocycles. The topological polar surface area (TPSA) is 43.1 Å². The van der Waals surface area contributed by atoms with Crippen LogP contribution in [0.1, 0.15) is 44.9 Å². The van der Waals surface area contributed by atoms with E-state index in [-0.39, 0.29) is 5.92 Å². The van der Waals surface area contributed by atoms with Gasteiger partial charge in [0.05, 0.1) is 0 Å². The SMILES string of the molecule is C=CCCCC(=O)C1CCCCC1CN. The van der Waals surface area contributed by atoms with Gasteiger partial charge in [0.25, 0.3) is 0 Å². The molecular formula is C13H23NO.